The van der Waals surface area contributed by atoms with E-state index < -0.39 is 5.91 Å². The van der Waals surface area contributed by atoms with E-state index in [0.29, 0.717) is 41.4 Å². The molecule has 0 aliphatic carbocycles. The highest BCUT2D eigenvalue weighted by atomic mass is 16.2. The summed E-state index contributed by atoms with van der Waals surface area (Å²) in [6, 6.07) is 9.84. The molecule has 186 valence electrons. The second-order valence-electron chi connectivity index (χ2n) is 9.06. The lowest BCUT2D eigenvalue weighted by Gasteiger charge is -2.23. The number of nitrogen functional groups attached to an aromatic ring is 1. The van der Waals surface area contributed by atoms with Crippen LogP contribution < -0.4 is 16.9 Å². The molecule has 1 aliphatic heterocycles. The lowest BCUT2D eigenvalue weighted by molar-refractivity contribution is -0.127. The maximum absolute atomic E-state index is 12.7. The molecule has 0 bridgehead atoms. The highest BCUT2D eigenvalue weighted by Crippen LogP contribution is 2.34. The summed E-state index contributed by atoms with van der Waals surface area (Å²) in [5, 5.41) is 2.76. The number of pyridine rings is 1. The van der Waals surface area contributed by atoms with E-state index in [1.165, 1.54) is 4.68 Å². The minimum atomic E-state index is -0.737. The van der Waals surface area contributed by atoms with Gasteiger partial charge in [-0.3, -0.25) is 14.4 Å². The van der Waals surface area contributed by atoms with Gasteiger partial charge in [0.15, 0.2) is 11.5 Å². The first-order valence-corrected chi connectivity index (χ1v) is 11.6. The van der Waals surface area contributed by atoms with E-state index in [9.17, 15) is 14.4 Å². The molecule has 1 aromatic carbocycles. The van der Waals surface area contributed by atoms with Crippen LogP contribution in [0.4, 0.5) is 5.82 Å². The van der Waals surface area contributed by atoms with Crippen LogP contribution in [0, 0.1) is 6.92 Å². The third kappa shape index (κ3) is 4.97. The first kappa shape index (κ1) is 24.6. The molecule has 4 rings (SSSR count). The lowest BCUT2D eigenvalue weighted by Crippen LogP contribution is -2.33. The number of carbonyl (C=O) groups excluding carboxylic acids is 3. The quantitative estimate of drug-likeness (QED) is 0.359. The number of nitrogens with zero attached hydrogens (tertiary/aromatic N) is 4. The number of hydrogen-bond acceptors (Lipinski definition) is 6. The molecule has 10 heteroatoms. The fourth-order valence-corrected chi connectivity index (χ4v) is 4.32. The summed E-state index contributed by atoms with van der Waals surface area (Å²) in [7, 11) is 0. The predicted octanol–water partition coefficient (Wildman–Crippen LogP) is 2.95. The molecule has 3 aromatic rings. The van der Waals surface area contributed by atoms with E-state index in [0.717, 1.165) is 17.6 Å². The molecule has 0 radical (unpaired) electrons. The van der Waals surface area contributed by atoms with Gasteiger partial charge < -0.3 is 21.8 Å². The van der Waals surface area contributed by atoms with E-state index in [1.54, 1.807) is 47.5 Å². The Morgan fingerprint density at radius 1 is 1.14 bits per heavy atom. The summed E-state index contributed by atoms with van der Waals surface area (Å²) in [4.78, 5) is 48.2. The monoisotopic (exact) mass is 487 g/mol. The van der Waals surface area contributed by atoms with Crippen molar-refractivity contribution >= 4 is 23.5 Å². The van der Waals surface area contributed by atoms with Crippen molar-refractivity contribution < 1.29 is 14.4 Å². The van der Waals surface area contributed by atoms with E-state index >= 15 is 0 Å². The SMILES string of the molecule is CC(C)=CC(=O)N1CCC[C@H]1c1nc(-c2ccc(C(=O)Nc3cc(C)ccn3)cc2)c(C(N)=O)n1N. The van der Waals surface area contributed by atoms with Crippen LogP contribution in [-0.2, 0) is 4.79 Å². The van der Waals surface area contributed by atoms with Crippen LogP contribution in [0.15, 0.2) is 54.2 Å². The molecular formula is C26H29N7O3. The number of imidazole rings is 1. The fourth-order valence-electron chi connectivity index (χ4n) is 4.32. The van der Waals surface area contributed by atoms with Crippen LogP contribution in [0.25, 0.3) is 11.3 Å². The number of amides is 3. The van der Waals surface area contributed by atoms with Gasteiger partial charge in [0.05, 0.1) is 6.04 Å². The molecule has 1 aliphatic rings. The molecule has 36 heavy (non-hydrogen) atoms. The molecule has 1 atom stereocenters. The molecule has 5 N–H and O–H groups in total. The molecule has 1 fully saturated rings. The maximum Gasteiger partial charge on any atom is 0.269 e. The number of aryl methyl sites for hydroxylation is 1. The normalized spacial score (nSPS) is 15.0. The number of allylic oxidation sites excluding steroid dienone is 1. The van der Waals surface area contributed by atoms with Gasteiger partial charge in [0, 0.05) is 29.9 Å². The van der Waals surface area contributed by atoms with Gasteiger partial charge in [-0.25, -0.2) is 14.6 Å². The van der Waals surface area contributed by atoms with E-state index in [2.05, 4.69) is 15.3 Å². The topological polar surface area (TPSA) is 149 Å². The number of carbonyl (C=O) groups is 3. The summed E-state index contributed by atoms with van der Waals surface area (Å²) >= 11 is 0. The number of benzene rings is 1. The van der Waals surface area contributed by atoms with Crippen molar-refractivity contribution in [1.82, 2.24) is 19.5 Å². The number of hydrogen-bond donors (Lipinski definition) is 3. The Balaban J connectivity index is 1.64. The third-order valence-electron chi connectivity index (χ3n) is 6.00. The predicted molar refractivity (Wildman–Crippen MR) is 136 cm³/mol. The molecular weight excluding hydrogens is 458 g/mol. The summed E-state index contributed by atoms with van der Waals surface area (Å²) in [5.74, 6) is 5.95. The van der Waals surface area contributed by atoms with Crippen molar-refractivity contribution in [3.05, 3.63) is 76.9 Å². The van der Waals surface area contributed by atoms with E-state index in [4.69, 9.17) is 11.6 Å². The van der Waals surface area contributed by atoms with Gasteiger partial charge in [0.25, 0.3) is 11.8 Å². The number of aromatic nitrogens is 3. The van der Waals surface area contributed by atoms with Crippen molar-refractivity contribution in [3.8, 4) is 11.3 Å². The summed E-state index contributed by atoms with van der Waals surface area (Å²) in [6.45, 7) is 6.20. The van der Waals surface area contributed by atoms with Crippen molar-refractivity contribution in [2.75, 3.05) is 17.7 Å². The van der Waals surface area contributed by atoms with Crippen LogP contribution in [-0.4, -0.2) is 43.8 Å². The summed E-state index contributed by atoms with van der Waals surface area (Å²) in [5.41, 5.74) is 8.84. The minimum absolute atomic E-state index is 0.0349. The number of rotatable bonds is 6. The molecule has 3 heterocycles. The smallest absolute Gasteiger partial charge is 0.269 e. The average Bonchev–Trinajstić information content (AvgIpc) is 3.43. The molecule has 10 nitrogen and oxygen atoms in total. The second kappa shape index (κ2) is 10.0. The Hall–Kier alpha value is -4.47. The Morgan fingerprint density at radius 2 is 1.86 bits per heavy atom. The number of nitrogens with one attached hydrogen (secondary N) is 1. The Kier molecular flexibility index (Phi) is 6.86. The molecule has 2 aromatic heterocycles. The van der Waals surface area contributed by atoms with Gasteiger partial charge >= 0.3 is 0 Å². The molecule has 0 unspecified atom stereocenters. The van der Waals surface area contributed by atoms with Crippen molar-refractivity contribution in [3.63, 3.8) is 0 Å². The molecule has 0 spiro atoms. The van der Waals surface area contributed by atoms with Gasteiger partial charge in [0.1, 0.15) is 11.5 Å². The van der Waals surface area contributed by atoms with Crippen molar-refractivity contribution in [1.29, 1.82) is 0 Å². The zero-order chi connectivity index (χ0) is 26.0. The zero-order valence-electron chi connectivity index (χ0n) is 20.5. The maximum atomic E-state index is 12.7. The lowest BCUT2D eigenvalue weighted by atomic mass is 10.1. The second-order valence-corrected chi connectivity index (χ2v) is 9.06. The number of anilines is 1. The number of likely N-dealkylation sites (tertiary alicyclic amines) is 1. The Labute approximate surface area is 209 Å². The molecule has 1 saturated heterocycles. The van der Waals surface area contributed by atoms with E-state index in [1.807, 2.05) is 26.8 Å². The van der Waals surface area contributed by atoms with E-state index in [-0.39, 0.29) is 23.6 Å². The molecule has 3 amide bonds. The zero-order valence-corrected chi connectivity index (χ0v) is 20.5. The summed E-state index contributed by atoms with van der Waals surface area (Å²) in [6.07, 6.45) is 4.66. The number of nitrogens with two attached hydrogens (primary N) is 2. The standard InChI is InChI=1S/C26H29N7O3/c1-15(2)13-21(34)32-12-4-5-19(32)25-31-22(23(24(27)35)33(25)28)17-6-8-18(9-7-17)26(36)30-20-14-16(3)10-11-29-20/h6-11,13-14,19H,4-5,12,28H2,1-3H3,(H2,27,35)(H,29,30,36)/t19-/m0/s1. The Bertz CT molecular complexity index is 1350. The van der Waals surface area contributed by atoms with Crippen LogP contribution in [0.3, 0.4) is 0 Å². The highest BCUT2D eigenvalue weighted by molar-refractivity contribution is 6.04. The van der Waals surface area contributed by atoms with Gasteiger partial charge in [-0.05, 0) is 63.4 Å². The third-order valence-corrected chi connectivity index (χ3v) is 6.00. The highest BCUT2D eigenvalue weighted by Gasteiger charge is 2.35. The Morgan fingerprint density at radius 3 is 2.50 bits per heavy atom. The first-order chi connectivity index (χ1) is 17.2. The van der Waals surface area contributed by atoms with Crippen molar-refractivity contribution in [2.45, 2.75) is 39.7 Å². The van der Waals surface area contributed by atoms with Gasteiger partial charge in [-0.2, -0.15) is 0 Å². The van der Waals surface area contributed by atoms with Crippen LogP contribution in [0.5, 0.6) is 0 Å². The van der Waals surface area contributed by atoms with Crippen LogP contribution >= 0.6 is 0 Å². The van der Waals surface area contributed by atoms with Crippen LogP contribution in [0.1, 0.15) is 65.0 Å². The fraction of sp³-hybridized carbons (Fsp3) is 0.269. The summed E-state index contributed by atoms with van der Waals surface area (Å²) < 4.78 is 1.18. The number of primary amides is 1. The average molecular weight is 488 g/mol. The van der Waals surface area contributed by atoms with Crippen LogP contribution in [0.2, 0.25) is 0 Å². The molecule has 0 saturated carbocycles. The first-order valence-electron chi connectivity index (χ1n) is 11.6. The van der Waals surface area contributed by atoms with Gasteiger partial charge in [-0.1, -0.05) is 17.7 Å². The van der Waals surface area contributed by atoms with Gasteiger partial charge in [0.2, 0.25) is 5.91 Å². The van der Waals surface area contributed by atoms with Crippen molar-refractivity contribution in [2.24, 2.45) is 5.73 Å². The minimum Gasteiger partial charge on any atom is -0.364 e. The largest absolute Gasteiger partial charge is 0.364 e. The van der Waals surface area contributed by atoms with Gasteiger partial charge in [-0.15, -0.1) is 0 Å².